The fourth-order valence-corrected chi connectivity index (χ4v) is 40.5. The van der Waals surface area contributed by atoms with Gasteiger partial charge in [-0.05, 0) is 34.2 Å². The summed E-state index contributed by atoms with van der Waals surface area (Å²) in [6.07, 6.45) is 0. The van der Waals surface area contributed by atoms with Gasteiger partial charge in [0.1, 0.15) is 23.0 Å². The van der Waals surface area contributed by atoms with Crippen LogP contribution in [0.3, 0.4) is 0 Å². The minimum atomic E-state index is -1.42. The molecule has 2 nitrogen and oxygen atoms in total. The van der Waals surface area contributed by atoms with Crippen molar-refractivity contribution in [1.29, 1.82) is 0 Å². The molecule has 0 unspecified atom stereocenters. The summed E-state index contributed by atoms with van der Waals surface area (Å²) in [7, 11) is -5.49. The first-order chi connectivity index (χ1) is 23.7. The summed E-state index contributed by atoms with van der Waals surface area (Å²) in [5, 5.41) is 7.08. The lowest BCUT2D eigenvalue weighted by Crippen LogP contribution is -2.70. The van der Waals surface area contributed by atoms with Gasteiger partial charge < -0.3 is 9.47 Å². The Labute approximate surface area is 295 Å². The van der Waals surface area contributed by atoms with Gasteiger partial charge in [-0.2, -0.15) is 0 Å². The molecule has 13 rings (SSSR count). The maximum Gasteiger partial charge on any atom is 0.260 e. The monoisotopic (exact) mass is 702 g/mol. The number of rotatable bonds is 2. The second kappa shape index (κ2) is 9.69. The minimum Gasteiger partial charge on any atom is -0.458 e. The van der Waals surface area contributed by atoms with Gasteiger partial charge in [-0.15, -0.1) is 0 Å². The third-order valence-corrected chi connectivity index (χ3v) is 34.9. The molecular weight excluding hydrogens is 660 g/mol. The van der Waals surface area contributed by atoms with Gasteiger partial charge in [-0.1, -0.05) is 174 Å². The van der Waals surface area contributed by atoms with Crippen LogP contribution in [0.15, 0.2) is 91.0 Å². The Morgan fingerprint density at radius 1 is 0.449 bits per heavy atom. The SMILES string of the molecule is C[Si]12CC[Si](C)(CC1)c1cc(-c3cccc4c3Oc3cccc5c3B4c3cccc(-c4ccc6c(c4)[Si]4(C)CC[Si]6(C)CC4)c3O5)ccc12. The highest BCUT2D eigenvalue weighted by molar-refractivity contribution is 7.09. The molecule has 0 atom stereocenters. The van der Waals surface area contributed by atoms with Crippen molar-refractivity contribution in [2.75, 3.05) is 0 Å². The highest BCUT2D eigenvalue weighted by atomic mass is 28.3. The van der Waals surface area contributed by atoms with Crippen molar-refractivity contribution in [2.24, 2.45) is 0 Å². The van der Waals surface area contributed by atoms with Crippen molar-refractivity contribution in [3.05, 3.63) is 91.0 Å². The third kappa shape index (κ3) is 3.88. The van der Waals surface area contributed by atoms with Crippen LogP contribution in [0.2, 0.25) is 74.5 Å². The lowest BCUT2D eigenvalue weighted by Gasteiger charge is -2.50. The average molecular weight is 703 g/mol. The molecule has 242 valence electrons. The number of ether oxygens (including phenoxy) is 2. The standard InChI is InChI=1S/C42H43BO2Si4/c1-46-18-22-48(3,23-19-46)38-26-28(14-16-36(38)46)30-8-5-10-32-41(30)44-34-12-7-13-35-40(34)43(32)33-11-6-9-31(42(33)45-35)29-15-17-37-39(27-29)49(4)24-20-47(37,2)21-25-49/h5-17,26-27H,18-25H2,1-4H3. The smallest absolute Gasteiger partial charge is 0.260 e. The first-order valence-corrected chi connectivity index (χ1v) is 30.4. The third-order valence-electron chi connectivity index (χ3n) is 14.6. The van der Waals surface area contributed by atoms with Crippen LogP contribution in [0.25, 0.3) is 22.3 Å². The molecule has 2 fully saturated rings. The molecule has 0 N–H and O–H groups in total. The van der Waals surface area contributed by atoms with Crippen LogP contribution in [0, 0.1) is 0 Å². The van der Waals surface area contributed by atoms with Gasteiger partial charge in [0.15, 0.2) is 0 Å². The molecule has 8 aliphatic heterocycles. The van der Waals surface area contributed by atoms with E-state index in [-0.39, 0.29) is 6.71 Å². The zero-order chi connectivity index (χ0) is 32.9. The van der Waals surface area contributed by atoms with Gasteiger partial charge in [0.05, 0.1) is 32.3 Å². The van der Waals surface area contributed by atoms with Crippen LogP contribution >= 0.6 is 0 Å². The average Bonchev–Trinajstić information content (AvgIpc) is 3.13. The molecule has 0 saturated carbocycles. The first-order valence-electron chi connectivity index (χ1n) is 18.7. The van der Waals surface area contributed by atoms with E-state index >= 15 is 0 Å². The van der Waals surface area contributed by atoms with Gasteiger partial charge in [-0.3, -0.25) is 0 Å². The Morgan fingerprint density at radius 2 is 0.837 bits per heavy atom. The molecule has 5 aromatic rings. The van der Waals surface area contributed by atoms with Crippen molar-refractivity contribution >= 4 is 76.1 Å². The van der Waals surface area contributed by atoms with Crippen molar-refractivity contribution in [3.8, 4) is 45.3 Å². The van der Waals surface area contributed by atoms with Crippen molar-refractivity contribution in [2.45, 2.75) is 74.5 Å². The molecule has 0 amide bonds. The van der Waals surface area contributed by atoms with E-state index < -0.39 is 32.3 Å². The van der Waals surface area contributed by atoms with Crippen LogP contribution in [0.1, 0.15) is 0 Å². The molecule has 0 spiro atoms. The topological polar surface area (TPSA) is 18.5 Å². The van der Waals surface area contributed by atoms with Crippen LogP contribution < -0.4 is 46.6 Å². The summed E-state index contributed by atoms with van der Waals surface area (Å²) in [6.45, 7) is 10.7. The molecule has 7 heteroatoms. The fraction of sp³-hybridized carbons (Fsp3) is 0.286. The van der Waals surface area contributed by atoms with Gasteiger partial charge >= 0.3 is 0 Å². The molecule has 4 bridgehead atoms. The first kappa shape index (κ1) is 29.4. The number of para-hydroxylation sites is 2. The summed E-state index contributed by atoms with van der Waals surface area (Å²) >= 11 is 0. The summed E-state index contributed by atoms with van der Waals surface area (Å²) in [4.78, 5) is 0. The molecule has 8 heterocycles. The molecule has 5 aromatic carbocycles. The quantitative estimate of drug-likeness (QED) is 0.182. The van der Waals surface area contributed by atoms with Gasteiger partial charge in [0.2, 0.25) is 0 Å². The second-order valence-electron chi connectivity index (χ2n) is 17.5. The van der Waals surface area contributed by atoms with Gasteiger partial charge in [0, 0.05) is 16.6 Å². The Bertz CT molecular complexity index is 2130. The zero-order valence-electron chi connectivity index (χ0n) is 29.2. The van der Waals surface area contributed by atoms with Crippen LogP contribution in [0.5, 0.6) is 23.0 Å². The number of hydrogen-bond acceptors (Lipinski definition) is 2. The maximum atomic E-state index is 6.95. The van der Waals surface area contributed by atoms with Gasteiger partial charge in [0.25, 0.3) is 6.71 Å². The van der Waals surface area contributed by atoms with Crippen LogP contribution in [-0.2, 0) is 0 Å². The fourth-order valence-electron chi connectivity index (χ4n) is 11.2. The summed E-state index contributed by atoms with van der Waals surface area (Å²) in [5.74, 6) is 3.90. The highest BCUT2D eigenvalue weighted by Gasteiger charge is 2.51. The Morgan fingerprint density at radius 3 is 1.27 bits per heavy atom. The van der Waals surface area contributed by atoms with Gasteiger partial charge in [-0.25, -0.2) is 0 Å². The molecule has 8 aliphatic rings. The maximum absolute atomic E-state index is 6.95. The van der Waals surface area contributed by atoms with Crippen LogP contribution in [0.4, 0.5) is 0 Å². The van der Waals surface area contributed by atoms with E-state index in [4.69, 9.17) is 9.47 Å². The molecule has 49 heavy (non-hydrogen) atoms. The van der Waals surface area contributed by atoms with E-state index in [9.17, 15) is 0 Å². The molecule has 2 saturated heterocycles. The van der Waals surface area contributed by atoms with E-state index in [2.05, 4.69) is 117 Å². The number of benzene rings is 5. The normalized spacial score (nSPS) is 29.2. The van der Waals surface area contributed by atoms with E-state index in [1.54, 1.807) is 20.7 Å². The zero-order valence-corrected chi connectivity index (χ0v) is 33.2. The Balaban J connectivity index is 1.07. The van der Waals surface area contributed by atoms with E-state index in [0.29, 0.717) is 0 Å². The predicted octanol–water partition coefficient (Wildman–Crippen LogP) is 6.95. The van der Waals surface area contributed by atoms with E-state index in [0.717, 1.165) is 23.0 Å². The van der Waals surface area contributed by atoms with Crippen molar-refractivity contribution in [3.63, 3.8) is 0 Å². The van der Waals surface area contributed by atoms with E-state index in [1.807, 2.05) is 0 Å². The number of fused-ring (bicyclic) bond motifs is 8. The van der Waals surface area contributed by atoms with E-state index in [1.165, 1.54) is 87.0 Å². The molecule has 0 aliphatic carbocycles. The Kier molecular flexibility index (Phi) is 5.81. The Hall–Kier alpha value is -3.37. The minimum absolute atomic E-state index is 0.0669. The molecule has 0 aromatic heterocycles. The van der Waals surface area contributed by atoms with Crippen molar-refractivity contribution in [1.82, 2.24) is 0 Å². The van der Waals surface area contributed by atoms with Crippen molar-refractivity contribution < 1.29 is 9.47 Å². The molecular formula is C42H43BO2Si4. The summed E-state index contributed by atoms with van der Waals surface area (Å²) in [6, 6.07) is 47.2. The largest absolute Gasteiger partial charge is 0.458 e. The predicted molar refractivity (Wildman–Crippen MR) is 218 cm³/mol. The summed E-state index contributed by atoms with van der Waals surface area (Å²) < 4.78 is 13.9. The number of hydrogen-bond donors (Lipinski definition) is 0. The van der Waals surface area contributed by atoms with Crippen LogP contribution in [-0.4, -0.2) is 39.0 Å². The highest BCUT2D eigenvalue weighted by Crippen LogP contribution is 2.45. The lowest BCUT2D eigenvalue weighted by molar-refractivity contribution is 0.466. The molecule has 0 radical (unpaired) electrons. The summed E-state index contributed by atoms with van der Waals surface area (Å²) in [5.41, 5.74) is 8.79. The second-order valence-corrected chi connectivity index (χ2v) is 36.2. The lowest BCUT2D eigenvalue weighted by atomic mass is 9.34.